The Morgan fingerprint density at radius 2 is 1.96 bits per heavy atom. The van der Waals surface area contributed by atoms with Crippen molar-refractivity contribution in [2.24, 2.45) is 0 Å². The molecule has 1 aliphatic rings. The predicted molar refractivity (Wildman–Crippen MR) is 103 cm³/mol. The Hall–Kier alpha value is -2.32. The van der Waals surface area contributed by atoms with Gasteiger partial charge in [0, 0.05) is 21.9 Å². The zero-order valence-electron chi connectivity index (χ0n) is 13.6. The van der Waals surface area contributed by atoms with Gasteiger partial charge >= 0.3 is 0 Å². The largest absolute Gasteiger partial charge is 0.351 e. The van der Waals surface area contributed by atoms with Gasteiger partial charge in [-0.3, -0.25) is 4.79 Å². The number of halogens is 3. The molecule has 1 atom stereocenters. The Kier molecular flexibility index (Phi) is 5.33. The maximum absolute atomic E-state index is 13.4. The highest BCUT2D eigenvalue weighted by Gasteiger charge is 2.30. The van der Waals surface area contributed by atoms with Gasteiger partial charge in [-0.05, 0) is 49.0 Å². The van der Waals surface area contributed by atoms with Gasteiger partial charge in [-0.1, -0.05) is 28.1 Å². The fourth-order valence-electron chi connectivity index (χ4n) is 2.70. The van der Waals surface area contributed by atoms with E-state index in [0.29, 0.717) is 16.4 Å². The number of hydrogen-bond acceptors (Lipinski definition) is 2. The van der Waals surface area contributed by atoms with Crippen molar-refractivity contribution in [3.05, 3.63) is 75.4 Å². The van der Waals surface area contributed by atoms with E-state index in [1.807, 2.05) is 24.3 Å². The highest BCUT2D eigenvalue weighted by Crippen LogP contribution is 2.29. The summed E-state index contributed by atoms with van der Waals surface area (Å²) in [5, 5.41) is 9.00. The highest BCUT2D eigenvalue weighted by atomic mass is 79.9. The monoisotopic (exact) mass is 437 g/mol. The Bertz CT molecular complexity index is 932. The Morgan fingerprint density at radius 3 is 2.65 bits per heavy atom. The molecule has 3 rings (SSSR count). The van der Waals surface area contributed by atoms with Crippen LogP contribution in [0.15, 0.2) is 58.2 Å². The number of anilines is 1. The summed E-state index contributed by atoms with van der Waals surface area (Å²) < 4.78 is 27.3. The summed E-state index contributed by atoms with van der Waals surface area (Å²) in [5.41, 5.74) is 1.98. The minimum Gasteiger partial charge on any atom is -0.351 e. The summed E-state index contributed by atoms with van der Waals surface area (Å²) in [6, 6.07) is 10.2. The molecular weight excluding hydrogens is 424 g/mol. The fourth-order valence-corrected chi connectivity index (χ4v) is 3.39. The molecule has 0 aliphatic carbocycles. The Morgan fingerprint density at radius 1 is 1.19 bits per heavy atom. The molecule has 0 spiro atoms. The average molecular weight is 438 g/mol. The van der Waals surface area contributed by atoms with E-state index in [9.17, 15) is 13.6 Å². The molecule has 134 valence electrons. The predicted octanol–water partition coefficient (Wildman–Crippen LogP) is 4.16. The number of thiocarbonyl (C=S) groups is 1. The summed E-state index contributed by atoms with van der Waals surface area (Å²) in [5.74, 6) is -2.45. The van der Waals surface area contributed by atoms with Gasteiger partial charge < -0.3 is 16.0 Å². The highest BCUT2D eigenvalue weighted by molar-refractivity contribution is 9.10. The number of rotatable bonds is 3. The number of nitrogens with one attached hydrogen (secondary N) is 3. The maximum Gasteiger partial charge on any atom is 0.255 e. The summed E-state index contributed by atoms with van der Waals surface area (Å²) >= 11 is 8.62. The molecule has 1 amide bonds. The first-order valence-electron chi connectivity index (χ1n) is 7.65. The normalized spacial score (nSPS) is 16.8. The third-order valence-electron chi connectivity index (χ3n) is 3.87. The van der Waals surface area contributed by atoms with E-state index in [4.69, 9.17) is 12.2 Å². The van der Waals surface area contributed by atoms with E-state index in [1.165, 1.54) is 6.07 Å². The summed E-state index contributed by atoms with van der Waals surface area (Å²) in [7, 11) is 0. The molecule has 0 unspecified atom stereocenters. The molecule has 1 heterocycles. The van der Waals surface area contributed by atoms with Crippen molar-refractivity contribution in [2.45, 2.75) is 13.0 Å². The van der Waals surface area contributed by atoms with Crippen molar-refractivity contribution < 1.29 is 13.6 Å². The lowest BCUT2D eigenvalue weighted by atomic mass is 9.95. The van der Waals surface area contributed by atoms with E-state index >= 15 is 0 Å². The first kappa shape index (κ1) is 18.5. The first-order valence-corrected chi connectivity index (χ1v) is 8.85. The maximum atomic E-state index is 13.4. The fraction of sp³-hybridized carbons (Fsp3) is 0.111. The summed E-state index contributed by atoms with van der Waals surface area (Å²) in [4.78, 5) is 12.8. The van der Waals surface area contributed by atoms with Crippen LogP contribution in [0.2, 0.25) is 0 Å². The van der Waals surface area contributed by atoms with Crippen LogP contribution in [0.5, 0.6) is 0 Å². The van der Waals surface area contributed by atoms with Gasteiger partial charge in [-0.2, -0.15) is 0 Å². The van der Waals surface area contributed by atoms with Gasteiger partial charge in [0.25, 0.3) is 5.91 Å². The standard InChI is InChI=1S/C18H14BrF2N3OS/c1-9-15(17(25)23-12-5-6-13(20)14(21)8-12)16(24-18(26)22-9)10-3-2-4-11(19)7-10/h2-8,16H,1H3,(H,23,25)(H2,22,24,26)/t16-/m0/s1. The van der Waals surface area contributed by atoms with Gasteiger partial charge in [0.2, 0.25) is 0 Å². The molecule has 0 saturated carbocycles. The third-order valence-corrected chi connectivity index (χ3v) is 4.59. The molecule has 3 N–H and O–H groups in total. The van der Waals surface area contributed by atoms with E-state index in [0.717, 1.165) is 22.2 Å². The van der Waals surface area contributed by atoms with Crippen LogP contribution in [0.1, 0.15) is 18.5 Å². The molecule has 0 aromatic heterocycles. The number of carbonyl (C=O) groups excluding carboxylic acids is 1. The molecular formula is C18H14BrF2N3OS. The lowest BCUT2D eigenvalue weighted by Gasteiger charge is -2.30. The Balaban J connectivity index is 1.95. The minimum absolute atomic E-state index is 0.162. The lowest BCUT2D eigenvalue weighted by molar-refractivity contribution is -0.113. The van der Waals surface area contributed by atoms with E-state index in [1.54, 1.807) is 6.92 Å². The van der Waals surface area contributed by atoms with Crippen LogP contribution < -0.4 is 16.0 Å². The average Bonchev–Trinajstić information content (AvgIpc) is 2.57. The van der Waals surface area contributed by atoms with Crippen LogP contribution in [-0.4, -0.2) is 11.0 Å². The number of allylic oxidation sites excluding steroid dienone is 1. The van der Waals surface area contributed by atoms with Crippen molar-refractivity contribution in [1.29, 1.82) is 0 Å². The Labute approximate surface area is 162 Å². The zero-order valence-corrected chi connectivity index (χ0v) is 16.0. The molecule has 26 heavy (non-hydrogen) atoms. The number of hydrogen-bond donors (Lipinski definition) is 3. The van der Waals surface area contributed by atoms with E-state index < -0.39 is 23.6 Å². The van der Waals surface area contributed by atoms with E-state index in [-0.39, 0.29) is 5.69 Å². The molecule has 2 aromatic rings. The van der Waals surface area contributed by atoms with Gasteiger partial charge in [-0.15, -0.1) is 0 Å². The zero-order chi connectivity index (χ0) is 18.8. The van der Waals surface area contributed by atoms with E-state index in [2.05, 4.69) is 31.9 Å². The minimum atomic E-state index is -1.03. The van der Waals surface area contributed by atoms with Crippen LogP contribution in [0.4, 0.5) is 14.5 Å². The third kappa shape index (κ3) is 3.91. The molecule has 4 nitrogen and oxygen atoms in total. The van der Waals surface area contributed by atoms with Gasteiger partial charge in [0.1, 0.15) is 0 Å². The molecule has 2 aromatic carbocycles. The van der Waals surface area contributed by atoms with Crippen LogP contribution in [0.25, 0.3) is 0 Å². The topological polar surface area (TPSA) is 53.2 Å². The molecule has 0 fully saturated rings. The molecule has 0 radical (unpaired) electrons. The van der Waals surface area contributed by atoms with Crippen molar-refractivity contribution in [3.63, 3.8) is 0 Å². The quantitative estimate of drug-likeness (QED) is 0.631. The second-order valence-electron chi connectivity index (χ2n) is 5.71. The summed E-state index contributed by atoms with van der Waals surface area (Å²) in [6.45, 7) is 1.73. The van der Waals surface area contributed by atoms with Crippen molar-refractivity contribution >= 4 is 44.9 Å². The van der Waals surface area contributed by atoms with Crippen LogP contribution in [0, 0.1) is 11.6 Å². The number of benzene rings is 2. The second-order valence-corrected chi connectivity index (χ2v) is 7.03. The lowest BCUT2D eigenvalue weighted by Crippen LogP contribution is -2.45. The van der Waals surface area contributed by atoms with Crippen LogP contribution in [-0.2, 0) is 4.79 Å². The number of amides is 1. The molecule has 0 bridgehead atoms. The van der Waals surface area contributed by atoms with Crippen molar-refractivity contribution in [2.75, 3.05) is 5.32 Å². The first-order chi connectivity index (χ1) is 12.3. The van der Waals surface area contributed by atoms with Gasteiger partial charge in [0.05, 0.1) is 11.6 Å². The molecule has 0 saturated heterocycles. The smallest absolute Gasteiger partial charge is 0.255 e. The van der Waals surface area contributed by atoms with Crippen LogP contribution >= 0.6 is 28.1 Å². The molecule has 1 aliphatic heterocycles. The van der Waals surface area contributed by atoms with Crippen molar-refractivity contribution in [3.8, 4) is 0 Å². The second kappa shape index (κ2) is 7.51. The molecule has 8 heteroatoms. The van der Waals surface area contributed by atoms with Crippen LogP contribution in [0.3, 0.4) is 0 Å². The summed E-state index contributed by atoms with van der Waals surface area (Å²) in [6.07, 6.45) is 0. The SMILES string of the molecule is CC1=C(C(=O)Nc2ccc(F)c(F)c2)[C@H](c2cccc(Br)c2)NC(=S)N1. The number of carbonyl (C=O) groups is 1. The van der Waals surface area contributed by atoms with Gasteiger partial charge in [-0.25, -0.2) is 8.78 Å². The van der Waals surface area contributed by atoms with Gasteiger partial charge in [0.15, 0.2) is 16.7 Å². The van der Waals surface area contributed by atoms with Crippen molar-refractivity contribution in [1.82, 2.24) is 10.6 Å².